The third-order valence-electron chi connectivity index (χ3n) is 3.27. The van der Waals surface area contributed by atoms with E-state index in [9.17, 15) is 4.79 Å². The Morgan fingerprint density at radius 3 is 3.00 bits per heavy atom. The second-order valence-corrected chi connectivity index (χ2v) is 5.59. The van der Waals surface area contributed by atoms with Crippen LogP contribution in [0.5, 0.6) is 0 Å². The quantitative estimate of drug-likeness (QED) is 0.922. The third-order valence-corrected chi connectivity index (χ3v) is 4.16. The molecule has 5 heteroatoms. The van der Waals surface area contributed by atoms with E-state index in [2.05, 4.69) is 15.9 Å². The van der Waals surface area contributed by atoms with E-state index in [-0.39, 0.29) is 25.2 Å². The standard InChI is InChI=1S/C14H18BrNO3/c1-10-7-11(4-5-13(10)15)16-8-12(3-2-6-17)19-9-14(16)18/h4-5,7,12,17H,2-3,6,8-9H2,1H3. The van der Waals surface area contributed by atoms with Crippen molar-refractivity contribution in [1.29, 1.82) is 0 Å². The summed E-state index contributed by atoms with van der Waals surface area (Å²) in [5.74, 6) is -0.0121. The molecule has 1 N–H and O–H groups in total. The first kappa shape index (κ1) is 14.5. The van der Waals surface area contributed by atoms with Gasteiger partial charge in [0.15, 0.2) is 0 Å². The fourth-order valence-corrected chi connectivity index (χ4v) is 2.41. The molecular weight excluding hydrogens is 310 g/mol. The fraction of sp³-hybridized carbons (Fsp3) is 0.500. The molecular formula is C14H18BrNO3. The first-order valence-corrected chi connectivity index (χ1v) is 7.20. The van der Waals surface area contributed by atoms with E-state index in [1.165, 1.54) is 0 Å². The Morgan fingerprint density at radius 1 is 1.53 bits per heavy atom. The number of halogens is 1. The second-order valence-electron chi connectivity index (χ2n) is 4.74. The lowest BCUT2D eigenvalue weighted by Crippen LogP contribution is -2.46. The van der Waals surface area contributed by atoms with E-state index in [0.717, 1.165) is 22.1 Å². The molecule has 1 unspecified atom stereocenters. The van der Waals surface area contributed by atoms with Crippen LogP contribution in [0.1, 0.15) is 18.4 Å². The van der Waals surface area contributed by atoms with Crippen LogP contribution < -0.4 is 4.90 Å². The molecule has 0 aromatic heterocycles. The number of carbonyl (C=O) groups excluding carboxylic acids is 1. The summed E-state index contributed by atoms with van der Waals surface area (Å²) >= 11 is 3.46. The highest BCUT2D eigenvalue weighted by Gasteiger charge is 2.27. The second kappa shape index (κ2) is 6.50. The molecule has 1 atom stereocenters. The third kappa shape index (κ3) is 3.55. The minimum Gasteiger partial charge on any atom is -0.396 e. The maximum absolute atomic E-state index is 12.0. The molecule has 0 radical (unpaired) electrons. The molecule has 1 amide bonds. The van der Waals surface area contributed by atoms with Gasteiger partial charge in [-0.2, -0.15) is 0 Å². The predicted octanol–water partition coefficient (Wildman–Crippen LogP) is 2.26. The molecule has 1 fully saturated rings. The van der Waals surface area contributed by atoms with Gasteiger partial charge in [0.1, 0.15) is 6.61 Å². The number of anilines is 1. The molecule has 19 heavy (non-hydrogen) atoms. The summed E-state index contributed by atoms with van der Waals surface area (Å²) in [5.41, 5.74) is 2.01. The Labute approximate surface area is 121 Å². The maximum Gasteiger partial charge on any atom is 0.253 e. The first-order valence-electron chi connectivity index (χ1n) is 6.41. The zero-order valence-corrected chi connectivity index (χ0v) is 12.5. The number of carbonyl (C=O) groups is 1. The first-order chi connectivity index (χ1) is 9.11. The number of rotatable bonds is 4. The van der Waals surface area contributed by atoms with Gasteiger partial charge in [0.2, 0.25) is 0 Å². The van der Waals surface area contributed by atoms with Crippen molar-refractivity contribution in [3.05, 3.63) is 28.2 Å². The van der Waals surface area contributed by atoms with Crippen molar-refractivity contribution in [1.82, 2.24) is 0 Å². The Morgan fingerprint density at radius 2 is 2.32 bits per heavy atom. The van der Waals surface area contributed by atoms with Gasteiger partial charge in [0.05, 0.1) is 12.6 Å². The van der Waals surface area contributed by atoms with E-state index < -0.39 is 0 Å². The molecule has 1 aromatic rings. The van der Waals surface area contributed by atoms with E-state index in [1.807, 2.05) is 25.1 Å². The molecule has 104 valence electrons. The monoisotopic (exact) mass is 327 g/mol. The van der Waals surface area contributed by atoms with Gasteiger partial charge >= 0.3 is 0 Å². The average molecular weight is 328 g/mol. The van der Waals surface area contributed by atoms with E-state index in [1.54, 1.807) is 4.90 Å². The average Bonchev–Trinajstić information content (AvgIpc) is 2.41. The molecule has 0 aliphatic carbocycles. The van der Waals surface area contributed by atoms with Gasteiger partial charge in [0, 0.05) is 16.8 Å². The van der Waals surface area contributed by atoms with Crippen LogP contribution in [-0.2, 0) is 9.53 Å². The Hall–Kier alpha value is -0.910. The number of ether oxygens (including phenoxy) is 1. The lowest BCUT2D eigenvalue weighted by Gasteiger charge is -2.33. The summed E-state index contributed by atoms with van der Waals surface area (Å²) in [7, 11) is 0. The molecule has 0 bridgehead atoms. The topological polar surface area (TPSA) is 49.8 Å². The largest absolute Gasteiger partial charge is 0.396 e. The highest BCUT2D eigenvalue weighted by molar-refractivity contribution is 9.10. The van der Waals surface area contributed by atoms with E-state index >= 15 is 0 Å². The van der Waals surface area contributed by atoms with Gasteiger partial charge in [-0.1, -0.05) is 15.9 Å². The lowest BCUT2D eigenvalue weighted by atomic mass is 10.1. The van der Waals surface area contributed by atoms with Gasteiger partial charge in [0.25, 0.3) is 5.91 Å². The molecule has 2 rings (SSSR count). The smallest absolute Gasteiger partial charge is 0.253 e. The summed E-state index contributed by atoms with van der Waals surface area (Å²) in [6, 6.07) is 5.88. The van der Waals surface area contributed by atoms with Gasteiger partial charge < -0.3 is 14.7 Å². The Balaban J connectivity index is 2.11. The molecule has 1 aliphatic rings. The molecule has 1 aromatic carbocycles. The number of hydrogen-bond donors (Lipinski definition) is 1. The van der Waals surface area contributed by atoms with Crippen LogP contribution in [0.4, 0.5) is 5.69 Å². The number of hydrogen-bond acceptors (Lipinski definition) is 3. The molecule has 4 nitrogen and oxygen atoms in total. The van der Waals surface area contributed by atoms with Crippen molar-refractivity contribution in [2.24, 2.45) is 0 Å². The van der Waals surface area contributed by atoms with Crippen LogP contribution in [-0.4, -0.2) is 36.9 Å². The summed E-state index contributed by atoms with van der Waals surface area (Å²) in [4.78, 5) is 13.7. The maximum atomic E-state index is 12.0. The minimum absolute atomic E-state index is 0.00815. The van der Waals surface area contributed by atoms with Crippen LogP contribution in [0.25, 0.3) is 0 Å². The fourth-order valence-electron chi connectivity index (χ4n) is 2.16. The number of nitrogens with zero attached hydrogens (tertiary/aromatic N) is 1. The number of aliphatic hydroxyl groups excluding tert-OH is 1. The summed E-state index contributed by atoms with van der Waals surface area (Å²) < 4.78 is 6.52. The summed E-state index contributed by atoms with van der Waals surface area (Å²) in [6.07, 6.45) is 1.48. The Bertz CT molecular complexity index is 464. The van der Waals surface area contributed by atoms with Crippen molar-refractivity contribution in [3.8, 4) is 0 Å². The highest BCUT2D eigenvalue weighted by Crippen LogP contribution is 2.25. The SMILES string of the molecule is Cc1cc(N2CC(CCCO)OCC2=O)ccc1Br. The molecule has 0 saturated carbocycles. The van der Waals surface area contributed by atoms with Crippen LogP contribution in [0.3, 0.4) is 0 Å². The zero-order chi connectivity index (χ0) is 13.8. The van der Waals surface area contributed by atoms with Gasteiger partial charge in [-0.3, -0.25) is 4.79 Å². The van der Waals surface area contributed by atoms with Crippen molar-refractivity contribution in [2.75, 3.05) is 24.7 Å². The normalized spacial score (nSPS) is 19.8. The van der Waals surface area contributed by atoms with Crippen molar-refractivity contribution < 1.29 is 14.6 Å². The Kier molecular flexibility index (Phi) is 4.96. The van der Waals surface area contributed by atoms with Crippen LogP contribution in [0.2, 0.25) is 0 Å². The van der Waals surface area contributed by atoms with Gasteiger partial charge in [-0.15, -0.1) is 0 Å². The van der Waals surface area contributed by atoms with E-state index in [4.69, 9.17) is 9.84 Å². The zero-order valence-electron chi connectivity index (χ0n) is 10.9. The van der Waals surface area contributed by atoms with Crippen LogP contribution >= 0.6 is 15.9 Å². The molecule has 1 heterocycles. The predicted molar refractivity (Wildman–Crippen MR) is 77.3 cm³/mol. The van der Waals surface area contributed by atoms with Crippen molar-refractivity contribution >= 4 is 27.5 Å². The number of benzene rings is 1. The van der Waals surface area contributed by atoms with Crippen molar-refractivity contribution in [2.45, 2.75) is 25.9 Å². The summed E-state index contributed by atoms with van der Waals surface area (Å²) in [5, 5.41) is 8.86. The van der Waals surface area contributed by atoms with Gasteiger partial charge in [-0.05, 0) is 43.5 Å². The number of amides is 1. The van der Waals surface area contributed by atoms with E-state index in [0.29, 0.717) is 13.0 Å². The highest BCUT2D eigenvalue weighted by atomic mass is 79.9. The van der Waals surface area contributed by atoms with Gasteiger partial charge in [-0.25, -0.2) is 0 Å². The number of aryl methyl sites for hydroxylation is 1. The summed E-state index contributed by atoms with van der Waals surface area (Å²) in [6.45, 7) is 2.83. The van der Waals surface area contributed by atoms with Crippen molar-refractivity contribution in [3.63, 3.8) is 0 Å². The van der Waals surface area contributed by atoms with Crippen LogP contribution in [0, 0.1) is 6.92 Å². The molecule has 1 aliphatic heterocycles. The van der Waals surface area contributed by atoms with Crippen LogP contribution in [0.15, 0.2) is 22.7 Å². The lowest BCUT2D eigenvalue weighted by molar-refractivity contribution is -0.129. The molecule has 0 spiro atoms. The number of aliphatic hydroxyl groups is 1. The number of morpholine rings is 1. The molecule has 1 saturated heterocycles. The minimum atomic E-state index is -0.0121.